The average Bonchev–Trinajstić information content (AvgIpc) is 2.66. The van der Waals surface area contributed by atoms with Crippen LogP contribution in [-0.2, 0) is 4.79 Å². The maximum absolute atomic E-state index is 13.3. The molecule has 0 atom stereocenters. The van der Waals surface area contributed by atoms with Gasteiger partial charge in [0.2, 0.25) is 0 Å². The normalized spacial score (nSPS) is 16.0. The Morgan fingerprint density at radius 2 is 1.38 bits per heavy atom. The summed E-state index contributed by atoms with van der Waals surface area (Å²) in [6.07, 6.45) is 11.4. The zero-order chi connectivity index (χ0) is 19.4. The van der Waals surface area contributed by atoms with E-state index in [-0.39, 0.29) is 5.91 Å². The maximum atomic E-state index is 13.3. The summed E-state index contributed by atoms with van der Waals surface area (Å²) in [5, 5.41) is 0. The number of unbranched alkanes of at least 4 members (excludes halogenated alkanes) is 3. The van der Waals surface area contributed by atoms with Crippen molar-refractivity contribution in [3.05, 3.63) is 21.8 Å². The molecule has 26 heavy (non-hydrogen) atoms. The molecular formula is C23H43NOSn. The fourth-order valence-electron chi connectivity index (χ4n) is 4.12. The predicted molar refractivity (Wildman–Crippen MR) is 118 cm³/mol. The first kappa shape index (κ1) is 23.8. The van der Waals surface area contributed by atoms with Crippen LogP contribution in [0, 0.1) is 0 Å². The van der Waals surface area contributed by atoms with Crippen molar-refractivity contribution in [2.45, 2.75) is 98.8 Å². The number of nitrogens with zero attached hydrogens (tertiary/aromatic N) is 1. The first-order chi connectivity index (χ1) is 12.5. The topological polar surface area (TPSA) is 20.3 Å². The van der Waals surface area contributed by atoms with Gasteiger partial charge in [0.05, 0.1) is 0 Å². The van der Waals surface area contributed by atoms with Crippen LogP contribution >= 0.6 is 0 Å². The van der Waals surface area contributed by atoms with E-state index in [9.17, 15) is 4.79 Å². The molecule has 2 nitrogen and oxygen atoms in total. The Labute approximate surface area is 167 Å². The van der Waals surface area contributed by atoms with Crippen molar-refractivity contribution in [2.24, 2.45) is 0 Å². The molecular weight excluding hydrogens is 425 g/mol. The summed E-state index contributed by atoms with van der Waals surface area (Å²) in [5.41, 5.74) is 1.98. The summed E-state index contributed by atoms with van der Waals surface area (Å²) >= 11 is -2.48. The molecule has 1 saturated heterocycles. The Bertz CT molecular complexity index is 441. The second kappa shape index (κ2) is 13.0. The molecule has 0 radical (unpaired) electrons. The van der Waals surface area contributed by atoms with Gasteiger partial charge in [-0.1, -0.05) is 0 Å². The van der Waals surface area contributed by atoms with Crippen LogP contribution in [0.3, 0.4) is 0 Å². The molecule has 0 bridgehead atoms. The minimum atomic E-state index is -2.48. The summed E-state index contributed by atoms with van der Waals surface area (Å²) in [5.74, 6) is 0.280. The van der Waals surface area contributed by atoms with E-state index in [1.807, 2.05) is 6.92 Å². The third kappa shape index (κ3) is 7.78. The van der Waals surface area contributed by atoms with E-state index in [1.165, 1.54) is 58.3 Å². The van der Waals surface area contributed by atoms with Gasteiger partial charge in [-0.2, -0.15) is 0 Å². The van der Waals surface area contributed by atoms with Crippen molar-refractivity contribution in [3.63, 3.8) is 0 Å². The monoisotopic (exact) mass is 469 g/mol. The fourth-order valence-corrected chi connectivity index (χ4v) is 19.4. The minimum absolute atomic E-state index is 0.280. The number of carbonyl (C=O) groups excluding carboxylic acids is 1. The molecule has 1 aliphatic heterocycles. The van der Waals surface area contributed by atoms with Gasteiger partial charge in [-0.25, -0.2) is 0 Å². The second-order valence-electron chi connectivity index (χ2n) is 8.36. The molecule has 1 amide bonds. The van der Waals surface area contributed by atoms with E-state index in [0.717, 1.165) is 37.1 Å². The number of piperidine rings is 1. The zero-order valence-electron chi connectivity index (χ0n) is 18.0. The number of likely N-dealkylation sites (tertiary alicyclic amines) is 1. The van der Waals surface area contributed by atoms with Crippen molar-refractivity contribution in [1.29, 1.82) is 0 Å². The van der Waals surface area contributed by atoms with E-state index in [4.69, 9.17) is 0 Å². The number of rotatable bonds is 12. The summed E-state index contributed by atoms with van der Waals surface area (Å²) < 4.78 is 6.81. The first-order valence-corrected chi connectivity index (χ1v) is 18.9. The van der Waals surface area contributed by atoms with Crippen LogP contribution in [0.5, 0.6) is 0 Å². The van der Waals surface area contributed by atoms with Gasteiger partial charge < -0.3 is 0 Å². The summed E-state index contributed by atoms with van der Waals surface area (Å²) in [7, 11) is 0. The van der Waals surface area contributed by atoms with Crippen LogP contribution < -0.4 is 0 Å². The van der Waals surface area contributed by atoms with Gasteiger partial charge in [-0.15, -0.1) is 0 Å². The van der Waals surface area contributed by atoms with Gasteiger partial charge in [0.25, 0.3) is 0 Å². The fraction of sp³-hybridized carbons (Fsp3) is 0.783. The molecule has 0 aliphatic carbocycles. The van der Waals surface area contributed by atoms with E-state index in [2.05, 4.69) is 36.3 Å². The molecule has 1 aliphatic rings. The van der Waals surface area contributed by atoms with Crippen LogP contribution in [-0.4, -0.2) is 42.3 Å². The molecule has 0 aromatic carbocycles. The molecule has 150 valence electrons. The standard InChI is InChI=1S/C11H16NO.3C4H9.Sn/c1-9(2)10(3)11(13)12-7-5-4-6-8-12;3*1-3-4-2;/h3H,1,4-8H2,2H3;3*1,3-4H2,2H3;. The van der Waals surface area contributed by atoms with Crippen LogP contribution in [0.25, 0.3) is 0 Å². The molecule has 3 heteroatoms. The molecule has 0 saturated carbocycles. The molecule has 0 aromatic rings. The Morgan fingerprint density at radius 1 is 0.923 bits per heavy atom. The second-order valence-corrected chi connectivity index (χ2v) is 21.2. The van der Waals surface area contributed by atoms with Crippen LogP contribution in [0.2, 0.25) is 13.3 Å². The van der Waals surface area contributed by atoms with E-state index in [0.29, 0.717) is 0 Å². The number of hydrogen-bond acceptors (Lipinski definition) is 1. The number of amides is 1. The van der Waals surface area contributed by atoms with Crippen LogP contribution in [0.1, 0.15) is 85.5 Å². The average molecular weight is 468 g/mol. The first-order valence-electron chi connectivity index (χ1n) is 11.2. The molecule has 0 aromatic heterocycles. The Kier molecular flexibility index (Phi) is 11.9. The predicted octanol–water partition coefficient (Wildman–Crippen LogP) is 6.89. The molecule has 1 rings (SSSR count). The van der Waals surface area contributed by atoms with Crippen molar-refractivity contribution in [3.8, 4) is 0 Å². The zero-order valence-corrected chi connectivity index (χ0v) is 20.9. The van der Waals surface area contributed by atoms with Crippen LogP contribution in [0.4, 0.5) is 0 Å². The third-order valence-electron chi connectivity index (χ3n) is 5.87. The van der Waals surface area contributed by atoms with Crippen molar-refractivity contribution < 1.29 is 4.79 Å². The Balaban J connectivity index is 3.17. The number of carbonyl (C=O) groups is 1. The summed E-state index contributed by atoms with van der Waals surface area (Å²) in [4.78, 5) is 15.4. The van der Waals surface area contributed by atoms with Crippen LogP contribution in [0.15, 0.2) is 21.8 Å². The Hall–Kier alpha value is -0.251. The quantitative estimate of drug-likeness (QED) is 0.174. The summed E-state index contributed by atoms with van der Waals surface area (Å²) in [6.45, 7) is 15.0. The van der Waals surface area contributed by atoms with Gasteiger partial charge in [0, 0.05) is 0 Å². The molecule has 0 N–H and O–H groups in total. The van der Waals surface area contributed by atoms with Crippen molar-refractivity contribution in [1.82, 2.24) is 4.90 Å². The van der Waals surface area contributed by atoms with Gasteiger partial charge in [-0.05, 0) is 0 Å². The van der Waals surface area contributed by atoms with Gasteiger partial charge >= 0.3 is 168 Å². The van der Waals surface area contributed by atoms with E-state index < -0.39 is 18.4 Å². The molecule has 0 unspecified atom stereocenters. The summed E-state index contributed by atoms with van der Waals surface area (Å²) in [6, 6.07) is 0. The van der Waals surface area contributed by atoms with E-state index in [1.54, 1.807) is 0 Å². The van der Waals surface area contributed by atoms with Crippen molar-refractivity contribution in [2.75, 3.05) is 13.1 Å². The molecule has 0 spiro atoms. The molecule has 1 heterocycles. The van der Waals surface area contributed by atoms with E-state index >= 15 is 0 Å². The SMILES string of the molecule is C=C(C)/C(=[CH]\[Sn]([CH2]CCC)([CH2]CCC)[CH2]CCC)C(=O)N1CCCCC1. The number of hydrogen-bond donors (Lipinski definition) is 0. The Morgan fingerprint density at radius 3 is 1.77 bits per heavy atom. The van der Waals surface area contributed by atoms with Gasteiger partial charge in [0.1, 0.15) is 0 Å². The molecule has 1 fully saturated rings. The van der Waals surface area contributed by atoms with Crippen molar-refractivity contribution >= 4 is 24.3 Å². The van der Waals surface area contributed by atoms with Gasteiger partial charge in [0.15, 0.2) is 0 Å². The van der Waals surface area contributed by atoms with Gasteiger partial charge in [-0.3, -0.25) is 0 Å². The third-order valence-corrected chi connectivity index (χ3v) is 20.0.